The van der Waals surface area contributed by atoms with Gasteiger partial charge in [0.25, 0.3) is 0 Å². The third-order valence-corrected chi connectivity index (χ3v) is 1.75. The number of carbonyl (C=O) groups is 2. The van der Waals surface area contributed by atoms with Crippen molar-refractivity contribution in [2.45, 2.75) is 27.7 Å². The maximum atomic E-state index is 11.1. The lowest BCUT2D eigenvalue weighted by Crippen LogP contribution is -2.35. The Kier molecular flexibility index (Phi) is 3.58. The van der Waals surface area contributed by atoms with Crippen LogP contribution >= 0.6 is 0 Å². The molecule has 0 aliphatic rings. The van der Waals surface area contributed by atoms with Gasteiger partial charge in [-0.1, -0.05) is 20.8 Å². The van der Waals surface area contributed by atoms with Crippen molar-refractivity contribution < 1.29 is 14.7 Å². The lowest BCUT2D eigenvalue weighted by Gasteiger charge is -2.26. The highest BCUT2D eigenvalue weighted by molar-refractivity contribution is 6.02. The normalized spacial score (nSPS) is 14.1. The summed E-state index contributed by atoms with van der Waals surface area (Å²) >= 11 is 0. The highest BCUT2D eigenvalue weighted by Crippen LogP contribution is 2.27. The number of Topliss-reactive ketones (excluding diaryl/α,β-unsaturated/α-hetero) is 2. The van der Waals surface area contributed by atoms with E-state index in [4.69, 9.17) is 5.11 Å². The zero-order chi connectivity index (χ0) is 9.94. The van der Waals surface area contributed by atoms with Crippen LogP contribution in [0.5, 0.6) is 0 Å². The molecule has 0 aromatic rings. The summed E-state index contributed by atoms with van der Waals surface area (Å²) in [6.07, 6.45) is 0. The molecule has 0 aromatic heterocycles. The van der Waals surface area contributed by atoms with Crippen LogP contribution in [0, 0.1) is 11.3 Å². The third-order valence-electron chi connectivity index (χ3n) is 1.75. The number of hydrogen-bond acceptors (Lipinski definition) is 3. The zero-order valence-electron chi connectivity index (χ0n) is 8.05. The van der Waals surface area contributed by atoms with E-state index in [1.54, 1.807) is 0 Å². The summed E-state index contributed by atoms with van der Waals surface area (Å²) in [6.45, 7) is 6.26. The average molecular weight is 172 g/mol. The first-order valence-corrected chi connectivity index (χ1v) is 3.94. The van der Waals surface area contributed by atoms with Crippen LogP contribution in [0.1, 0.15) is 27.7 Å². The van der Waals surface area contributed by atoms with Gasteiger partial charge in [0.15, 0.2) is 5.78 Å². The fourth-order valence-electron chi connectivity index (χ4n) is 1.41. The molecule has 3 nitrogen and oxygen atoms in total. The maximum Gasteiger partial charge on any atom is 0.169 e. The van der Waals surface area contributed by atoms with Crippen LogP contribution in [0.4, 0.5) is 0 Å². The van der Waals surface area contributed by atoms with E-state index < -0.39 is 23.7 Å². The first-order valence-electron chi connectivity index (χ1n) is 3.94. The number of carbonyl (C=O) groups excluding carboxylic acids is 2. The molecule has 0 fully saturated rings. The lowest BCUT2D eigenvalue weighted by molar-refractivity contribution is -0.137. The van der Waals surface area contributed by atoms with Crippen molar-refractivity contribution in [1.82, 2.24) is 0 Å². The molecule has 3 heteroatoms. The van der Waals surface area contributed by atoms with Gasteiger partial charge >= 0.3 is 0 Å². The predicted octanol–water partition coefficient (Wildman–Crippen LogP) is 0.799. The molecule has 0 rings (SSSR count). The SMILES string of the molecule is CC(=O)C(C(=O)CO)C(C)(C)C. The molecule has 0 saturated carbocycles. The van der Waals surface area contributed by atoms with E-state index in [9.17, 15) is 9.59 Å². The number of aliphatic hydroxyl groups excluding tert-OH is 1. The van der Waals surface area contributed by atoms with E-state index in [-0.39, 0.29) is 5.78 Å². The van der Waals surface area contributed by atoms with Crippen molar-refractivity contribution in [1.29, 1.82) is 0 Å². The third kappa shape index (κ3) is 2.74. The van der Waals surface area contributed by atoms with E-state index in [1.807, 2.05) is 20.8 Å². The summed E-state index contributed by atoms with van der Waals surface area (Å²) in [5, 5.41) is 8.62. The van der Waals surface area contributed by atoms with Crippen molar-refractivity contribution in [3.63, 3.8) is 0 Å². The molecule has 1 unspecified atom stereocenters. The number of hydrogen-bond donors (Lipinski definition) is 1. The van der Waals surface area contributed by atoms with Gasteiger partial charge in [0.05, 0.1) is 5.92 Å². The standard InChI is InChI=1S/C9H16O3/c1-6(11)8(7(12)5-10)9(2,3)4/h8,10H,5H2,1-4H3. The molecule has 1 N–H and O–H groups in total. The summed E-state index contributed by atoms with van der Waals surface area (Å²) in [4.78, 5) is 22.2. The Morgan fingerprint density at radius 1 is 1.33 bits per heavy atom. The Bertz CT molecular complexity index is 188. The average Bonchev–Trinajstić information content (AvgIpc) is 1.83. The maximum absolute atomic E-state index is 11.1. The van der Waals surface area contributed by atoms with Crippen molar-refractivity contribution in [3.05, 3.63) is 0 Å². The number of ketones is 2. The van der Waals surface area contributed by atoms with Crippen LogP contribution < -0.4 is 0 Å². The molecule has 1 atom stereocenters. The van der Waals surface area contributed by atoms with Gasteiger partial charge < -0.3 is 5.11 Å². The van der Waals surface area contributed by atoms with E-state index in [1.165, 1.54) is 6.92 Å². The zero-order valence-corrected chi connectivity index (χ0v) is 8.05. The van der Waals surface area contributed by atoms with Gasteiger partial charge in [-0.3, -0.25) is 9.59 Å². The van der Waals surface area contributed by atoms with Crippen LogP contribution in [-0.4, -0.2) is 23.3 Å². The fraction of sp³-hybridized carbons (Fsp3) is 0.778. The van der Waals surface area contributed by atoms with Crippen LogP contribution in [0.3, 0.4) is 0 Å². The molecule has 0 heterocycles. The Hall–Kier alpha value is -0.700. The molecular weight excluding hydrogens is 156 g/mol. The minimum absolute atomic E-state index is 0.179. The molecule has 0 aromatic carbocycles. The second-order valence-corrected chi connectivity index (χ2v) is 4.03. The summed E-state index contributed by atoms with van der Waals surface area (Å²) in [5.41, 5.74) is -0.397. The Labute approximate surface area is 72.8 Å². The topological polar surface area (TPSA) is 54.4 Å². The molecular formula is C9H16O3. The van der Waals surface area contributed by atoms with Crippen LogP contribution in [0.15, 0.2) is 0 Å². The lowest BCUT2D eigenvalue weighted by atomic mass is 9.76. The van der Waals surface area contributed by atoms with Gasteiger partial charge in [0.2, 0.25) is 0 Å². The summed E-state index contributed by atoms with van der Waals surface area (Å²) in [6, 6.07) is 0. The molecule has 0 saturated heterocycles. The Morgan fingerprint density at radius 2 is 1.75 bits per heavy atom. The predicted molar refractivity (Wildman–Crippen MR) is 45.7 cm³/mol. The smallest absolute Gasteiger partial charge is 0.169 e. The molecule has 12 heavy (non-hydrogen) atoms. The van der Waals surface area contributed by atoms with Gasteiger partial charge in [-0.25, -0.2) is 0 Å². The first kappa shape index (κ1) is 11.3. The largest absolute Gasteiger partial charge is 0.389 e. The molecule has 0 aliphatic carbocycles. The van der Waals surface area contributed by atoms with Gasteiger partial charge in [0.1, 0.15) is 12.4 Å². The highest BCUT2D eigenvalue weighted by atomic mass is 16.3. The second-order valence-electron chi connectivity index (χ2n) is 4.03. The number of aliphatic hydroxyl groups is 1. The van der Waals surface area contributed by atoms with E-state index in [0.29, 0.717) is 0 Å². The monoisotopic (exact) mass is 172 g/mol. The summed E-state index contributed by atoms with van der Waals surface area (Å²) < 4.78 is 0. The molecule has 0 amide bonds. The summed E-state index contributed by atoms with van der Waals surface area (Å²) in [7, 11) is 0. The van der Waals surface area contributed by atoms with Crippen LogP contribution in [-0.2, 0) is 9.59 Å². The molecule has 0 aliphatic heterocycles. The molecule has 0 spiro atoms. The van der Waals surface area contributed by atoms with Crippen molar-refractivity contribution in [3.8, 4) is 0 Å². The minimum Gasteiger partial charge on any atom is -0.389 e. The van der Waals surface area contributed by atoms with Gasteiger partial charge in [-0.2, -0.15) is 0 Å². The van der Waals surface area contributed by atoms with E-state index >= 15 is 0 Å². The first-order chi connectivity index (χ1) is 5.30. The van der Waals surface area contributed by atoms with Crippen molar-refractivity contribution in [2.75, 3.05) is 6.61 Å². The fourth-order valence-corrected chi connectivity index (χ4v) is 1.41. The molecule has 0 radical (unpaired) electrons. The number of rotatable bonds is 3. The van der Waals surface area contributed by atoms with Crippen LogP contribution in [0.25, 0.3) is 0 Å². The minimum atomic E-state index is -0.678. The van der Waals surface area contributed by atoms with Gasteiger partial charge in [0, 0.05) is 0 Å². The quantitative estimate of drug-likeness (QED) is 0.640. The Balaban J connectivity index is 4.68. The van der Waals surface area contributed by atoms with Gasteiger partial charge in [-0.15, -0.1) is 0 Å². The highest BCUT2D eigenvalue weighted by Gasteiger charge is 2.34. The van der Waals surface area contributed by atoms with Crippen LogP contribution in [0.2, 0.25) is 0 Å². The van der Waals surface area contributed by atoms with Crippen molar-refractivity contribution >= 4 is 11.6 Å². The second kappa shape index (κ2) is 3.81. The molecule has 0 bridgehead atoms. The van der Waals surface area contributed by atoms with Crippen molar-refractivity contribution in [2.24, 2.45) is 11.3 Å². The molecule has 70 valence electrons. The van der Waals surface area contributed by atoms with E-state index in [2.05, 4.69) is 0 Å². The Morgan fingerprint density at radius 3 is 1.83 bits per heavy atom. The van der Waals surface area contributed by atoms with E-state index in [0.717, 1.165) is 0 Å². The summed E-state index contributed by atoms with van der Waals surface area (Å²) in [5.74, 6) is -1.25. The van der Waals surface area contributed by atoms with Gasteiger partial charge in [-0.05, 0) is 12.3 Å².